The largest absolute Gasteiger partial charge is 0.479 e. The van der Waals surface area contributed by atoms with Crippen LogP contribution in [0.2, 0.25) is 10.0 Å². The molecule has 0 unspecified atom stereocenters. The fraction of sp³-hybridized carbons (Fsp3) is 0.400. The molecule has 2 N–H and O–H groups in total. The summed E-state index contributed by atoms with van der Waals surface area (Å²) in [6.07, 6.45) is -4.65. The number of nitrogens with zero attached hydrogens (tertiary/aromatic N) is 2. The van der Waals surface area contributed by atoms with Gasteiger partial charge in [0, 0.05) is 30.3 Å². The Morgan fingerprint density at radius 2 is 1.61 bits per heavy atom. The van der Waals surface area contributed by atoms with Crippen molar-refractivity contribution in [2.24, 2.45) is 5.92 Å². The van der Waals surface area contributed by atoms with Gasteiger partial charge in [-0.3, -0.25) is 24.2 Å². The van der Waals surface area contributed by atoms with Crippen LogP contribution in [0.3, 0.4) is 0 Å². The number of aromatic nitrogens is 1. The molecule has 3 amide bonds. The minimum absolute atomic E-state index is 0.0350. The smallest absolute Gasteiger partial charge is 0.405 e. The zero-order valence-electron chi connectivity index (χ0n) is 28.7. The number of halogens is 7. The van der Waals surface area contributed by atoms with Gasteiger partial charge < -0.3 is 20.3 Å². The highest BCUT2D eigenvalue weighted by molar-refractivity contribution is 7.91. The van der Waals surface area contributed by atoms with E-state index in [2.05, 4.69) is 10.3 Å². The highest BCUT2D eigenvalue weighted by Crippen LogP contribution is 2.30. The lowest BCUT2D eigenvalue weighted by atomic mass is 9.94. The molecular weight excluding hydrogens is 786 g/mol. The number of hydrogen-bond acceptors (Lipinski definition) is 8. The summed E-state index contributed by atoms with van der Waals surface area (Å²) >= 11 is 12.2. The Kier molecular flexibility index (Phi) is 13.7. The van der Waals surface area contributed by atoms with Gasteiger partial charge in [0.1, 0.15) is 18.3 Å². The Hall–Kier alpha value is -4.35. The van der Waals surface area contributed by atoms with Crippen molar-refractivity contribution in [2.75, 3.05) is 13.1 Å². The minimum atomic E-state index is -5.06. The molecule has 1 aromatic heterocycles. The van der Waals surface area contributed by atoms with Gasteiger partial charge in [-0.1, -0.05) is 79.5 Å². The van der Waals surface area contributed by atoms with Crippen LogP contribution in [-0.2, 0) is 41.2 Å². The van der Waals surface area contributed by atoms with Crippen LogP contribution in [0.25, 0.3) is 0 Å². The minimum Gasteiger partial charge on any atom is -0.479 e. The third-order valence-corrected chi connectivity index (χ3v) is 10.9. The highest BCUT2D eigenvalue weighted by Gasteiger charge is 2.53. The summed E-state index contributed by atoms with van der Waals surface area (Å²) in [4.78, 5) is 58.3. The van der Waals surface area contributed by atoms with E-state index >= 15 is 0 Å². The normalized spacial score (nSPS) is 17.5. The van der Waals surface area contributed by atoms with Crippen molar-refractivity contribution in [3.05, 3.63) is 94.2 Å². The fourth-order valence-corrected chi connectivity index (χ4v) is 7.85. The van der Waals surface area contributed by atoms with Crippen LogP contribution in [0.1, 0.15) is 31.4 Å². The van der Waals surface area contributed by atoms with Crippen LogP contribution in [-0.4, -0.2) is 90.4 Å². The first-order valence-electron chi connectivity index (χ1n) is 16.3. The van der Waals surface area contributed by atoms with Gasteiger partial charge in [-0.05, 0) is 35.6 Å². The molecule has 1 aliphatic heterocycles. The second kappa shape index (κ2) is 17.4. The number of Topliss-reactive ketones (excluding diaryl/α,β-unsaturated/α-hetero) is 1. The van der Waals surface area contributed by atoms with E-state index in [1.807, 2.05) is 0 Å². The number of carbonyl (C=O) groups excluding carboxylic acids is 4. The molecule has 3 aromatic rings. The van der Waals surface area contributed by atoms with E-state index in [1.165, 1.54) is 32.3 Å². The van der Waals surface area contributed by atoms with E-state index in [9.17, 15) is 49.5 Å². The second-order valence-corrected chi connectivity index (χ2v) is 16.1. The first-order chi connectivity index (χ1) is 25.2. The third-order valence-electron chi connectivity index (χ3n) is 8.40. The lowest BCUT2D eigenvalue weighted by molar-refractivity contribution is -0.165. The lowest BCUT2D eigenvalue weighted by Gasteiger charge is -2.31. The molecule has 0 radical (unpaired) electrons. The zero-order chi connectivity index (χ0) is 40.0. The van der Waals surface area contributed by atoms with Crippen LogP contribution in [0.5, 0.6) is 5.75 Å². The van der Waals surface area contributed by atoms with E-state index < -0.39 is 100 Å². The van der Waals surface area contributed by atoms with Crippen molar-refractivity contribution in [3.63, 3.8) is 0 Å². The molecule has 1 fully saturated rings. The van der Waals surface area contributed by atoms with E-state index in [0.717, 1.165) is 10.2 Å². The Morgan fingerprint density at radius 3 is 2.22 bits per heavy atom. The molecule has 0 bridgehead atoms. The fourth-order valence-electron chi connectivity index (χ4n) is 5.72. The van der Waals surface area contributed by atoms with E-state index in [0.29, 0.717) is 16.1 Å². The number of ketones is 1. The van der Waals surface area contributed by atoms with Gasteiger partial charge in [-0.2, -0.15) is 22.0 Å². The Labute approximate surface area is 317 Å². The molecule has 0 aliphatic carbocycles. The van der Waals surface area contributed by atoms with Gasteiger partial charge >= 0.3 is 12.1 Å². The summed E-state index contributed by atoms with van der Waals surface area (Å²) in [7, 11) is -4.11. The molecule has 0 saturated carbocycles. The average molecular weight is 822 g/mol. The molecule has 2 aromatic carbocycles. The van der Waals surface area contributed by atoms with Crippen molar-refractivity contribution in [1.82, 2.24) is 20.5 Å². The molecule has 1 aliphatic rings. The van der Waals surface area contributed by atoms with Crippen molar-refractivity contribution in [3.8, 4) is 5.75 Å². The Morgan fingerprint density at radius 1 is 0.944 bits per heavy atom. The van der Waals surface area contributed by atoms with E-state index in [4.69, 9.17) is 27.9 Å². The average Bonchev–Trinajstić information content (AvgIpc) is 3.55. The van der Waals surface area contributed by atoms with Crippen molar-refractivity contribution >= 4 is 56.5 Å². The van der Waals surface area contributed by atoms with Crippen molar-refractivity contribution in [1.29, 1.82) is 0 Å². The molecule has 54 heavy (non-hydrogen) atoms. The Bertz CT molecular complexity index is 1910. The second-order valence-electron chi connectivity index (χ2n) is 12.9. The molecule has 292 valence electrons. The predicted molar refractivity (Wildman–Crippen MR) is 188 cm³/mol. The van der Waals surface area contributed by atoms with Gasteiger partial charge in [0.2, 0.25) is 11.7 Å². The number of pyridine rings is 1. The number of benzene rings is 2. The lowest BCUT2D eigenvalue weighted by Crippen LogP contribution is -2.59. The quantitative estimate of drug-likeness (QED) is 0.161. The number of sulfone groups is 1. The van der Waals surface area contributed by atoms with Crippen LogP contribution in [0.15, 0.2) is 73.1 Å². The van der Waals surface area contributed by atoms with Gasteiger partial charge in [-0.15, -0.1) is 0 Å². The van der Waals surface area contributed by atoms with Crippen molar-refractivity contribution < 1.29 is 54.3 Å². The van der Waals surface area contributed by atoms with Gasteiger partial charge in [0.05, 0.1) is 28.3 Å². The van der Waals surface area contributed by atoms with Crippen LogP contribution < -0.4 is 15.4 Å². The van der Waals surface area contributed by atoms with Gasteiger partial charge in [0.15, 0.2) is 15.9 Å². The molecule has 1 saturated heterocycles. The molecule has 2 heterocycles. The number of alkyl halides is 5. The number of rotatable bonds is 15. The van der Waals surface area contributed by atoms with Crippen molar-refractivity contribution in [2.45, 2.75) is 68.0 Å². The predicted octanol–water partition coefficient (Wildman–Crippen LogP) is 4.99. The maximum atomic E-state index is 15.0. The number of nitrogens with one attached hydrogen (secondary N) is 2. The van der Waals surface area contributed by atoms with Crippen LogP contribution in [0.4, 0.5) is 22.0 Å². The van der Waals surface area contributed by atoms with E-state index in [1.54, 1.807) is 54.6 Å². The molecular formula is C35H35Cl2F5N4O7S. The highest BCUT2D eigenvalue weighted by atomic mass is 35.5. The number of hydrogen-bond donors (Lipinski definition) is 2. The standard InChI is InChI=1S/C35H35Cl2F5N4O7S/c1-20(2)29(30(47)35(41,42)33(50)44-19-34(38,39)40)45-31(48)27-14-26(54(51,52)18-21-7-4-3-5-8-21)17-46(27)32(49)28(12-22-9-6-10-23(36)11-22)53-25-13-24(37)15-43-16-25/h3-11,13,15-16,20,26-29H,12,14,17-19H2,1-2H3,(H,44,50)(H,45,48)/t26-,27+,28-,29+/m1/s1. The maximum Gasteiger partial charge on any atom is 0.405 e. The van der Waals surface area contributed by atoms with Crippen LogP contribution in [0, 0.1) is 5.92 Å². The molecule has 0 spiro atoms. The summed E-state index contributed by atoms with van der Waals surface area (Å²) in [5.41, 5.74) is 0.913. The molecule has 4 atom stereocenters. The Balaban J connectivity index is 1.69. The number of amides is 3. The topological polar surface area (TPSA) is 152 Å². The number of carbonyl (C=O) groups is 4. The first kappa shape index (κ1) is 42.4. The first-order valence-corrected chi connectivity index (χ1v) is 18.8. The third kappa shape index (κ3) is 11.1. The maximum absolute atomic E-state index is 15.0. The molecule has 11 nitrogen and oxygen atoms in total. The monoisotopic (exact) mass is 820 g/mol. The van der Waals surface area contributed by atoms with Gasteiger partial charge in [-0.25, -0.2) is 8.42 Å². The zero-order valence-corrected chi connectivity index (χ0v) is 31.0. The number of likely N-dealkylation sites (tertiary alicyclic amines) is 1. The van der Waals surface area contributed by atoms with Gasteiger partial charge in [0.25, 0.3) is 11.8 Å². The summed E-state index contributed by atoms with van der Waals surface area (Å²) < 4.78 is 101. The number of ether oxygens (including phenoxy) is 1. The summed E-state index contributed by atoms with van der Waals surface area (Å²) in [5, 5.41) is 2.19. The molecule has 4 rings (SSSR count). The van der Waals surface area contributed by atoms with Crippen LogP contribution >= 0.6 is 23.2 Å². The SMILES string of the molecule is CC(C)[C@H](NC(=O)[C@@H]1C[C@@H](S(=O)(=O)Cc2ccccc2)CN1C(=O)[C@@H](Cc1cccc(Cl)c1)Oc1cncc(Cl)c1)C(=O)C(F)(F)C(=O)NCC(F)(F)F. The molecule has 19 heteroatoms. The summed E-state index contributed by atoms with van der Waals surface area (Å²) in [6, 6.07) is 12.0. The summed E-state index contributed by atoms with van der Waals surface area (Å²) in [5.74, 6) is -13.5. The summed E-state index contributed by atoms with van der Waals surface area (Å²) in [6.45, 7) is -0.239. The van der Waals surface area contributed by atoms with E-state index in [-0.39, 0.29) is 17.2 Å².